The lowest BCUT2D eigenvalue weighted by atomic mass is 10.3. The maximum atomic E-state index is 5.69. The predicted molar refractivity (Wildman–Crippen MR) is 72.5 cm³/mol. The number of aromatic nitrogens is 3. The third-order valence-electron chi connectivity index (χ3n) is 2.67. The number of fused-ring (bicyclic) bond motifs is 1. The fraction of sp³-hybridized carbons (Fsp3) is 0.154. The molecule has 0 amide bonds. The van der Waals surface area contributed by atoms with E-state index in [1.54, 1.807) is 24.5 Å². The van der Waals surface area contributed by atoms with Gasteiger partial charge in [0, 0.05) is 18.0 Å². The molecule has 0 aliphatic rings. The number of rotatable bonds is 3. The van der Waals surface area contributed by atoms with Crippen LogP contribution in [0.1, 0.15) is 11.4 Å². The summed E-state index contributed by atoms with van der Waals surface area (Å²) in [5, 5.41) is 3.07. The smallest absolute Gasteiger partial charge is 0.296 e. The zero-order valence-electron chi connectivity index (χ0n) is 10.4. The number of nitrogen functional groups attached to an aromatic ring is 1. The highest BCUT2D eigenvalue weighted by Crippen LogP contribution is 2.21. The molecule has 0 atom stereocenters. The second kappa shape index (κ2) is 4.56. The molecule has 0 fully saturated rings. The minimum Gasteiger partial charge on any atom is -0.423 e. The van der Waals surface area contributed by atoms with Crippen molar-refractivity contribution in [2.45, 2.75) is 13.5 Å². The number of aryl methyl sites for hydroxylation is 1. The molecule has 6 nitrogen and oxygen atoms in total. The monoisotopic (exact) mass is 255 g/mol. The van der Waals surface area contributed by atoms with Gasteiger partial charge in [-0.25, -0.2) is 0 Å². The van der Waals surface area contributed by atoms with Gasteiger partial charge in [0.25, 0.3) is 6.01 Å². The number of nitrogens with one attached hydrogen (secondary N) is 1. The van der Waals surface area contributed by atoms with Crippen LogP contribution in [-0.4, -0.2) is 15.0 Å². The van der Waals surface area contributed by atoms with Crippen LogP contribution in [0.3, 0.4) is 0 Å². The Morgan fingerprint density at radius 3 is 2.95 bits per heavy atom. The van der Waals surface area contributed by atoms with E-state index in [9.17, 15) is 0 Å². The van der Waals surface area contributed by atoms with Gasteiger partial charge in [-0.15, -0.1) is 0 Å². The van der Waals surface area contributed by atoms with E-state index in [0.717, 1.165) is 16.9 Å². The summed E-state index contributed by atoms with van der Waals surface area (Å²) in [6, 6.07) is 5.81. The highest BCUT2D eigenvalue weighted by molar-refractivity contribution is 5.78. The van der Waals surface area contributed by atoms with Crippen LogP contribution in [0.2, 0.25) is 0 Å². The van der Waals surface area contributed by atoms with Crippen molar-refractivity contribution in [1.82, 2.24) is 15.0 Å². The zero-order valence-corrected chi connectivity index (χ0v) is 10.4. The number of oxazole rings is 1. The molecule has 2 aromatic heterocycles. The van der Waals surface area contributed by atoms with Crippen molar-refractivity contribution >= 4 is 22.8 Å². The van der Waals surface area contributed by atoms with Crippen LogP contribution in [0.4, 0.5) is 11.7 Å². The average molecular weight is 255 g/mol. The fourth-order valence-electron chi connectivity index (χ4n) is 1.69. The molecule has 3 aromatic rings. The Labute approximate surface area is 109 Å². The van der Waals surface area contributed by atoms with E-state index in [1.807, 2.05) is 13.0 Å². The van der Waals surface area contributed by atoms with Gasteiger partial charge < -0.3 is 15.5 Å². The summed E-state index contributed by atoms with van der Waals surface area (Å²) in [5.41, 5.74) is 9.49. The summed E-state index contributed by atoms with van der Waals surface area (Å²) in [6.45, 7) is 2.41. The first-order valence-electron chi connectivity index (χ1n) is 5.88. The molecule has 19 heavy (non-hydrogen) atoms. The van der Waals surface area contributed by atoms with E-state index < -0.39 is 0 Å². The van der Waals surface area contributed by atoms with Crippen LogP contribution in [0.25, 0.3) is 11.1 Å². The highest BCUT2D eigenvalue weighted by Gasteiger charge is 2.05. The molecule has 0 saturated heterocycles. The van der Waals surface area contributed by atoms with Gasteiger partial charge in [-0.05, 0) is 19.1 Å². The van der Waals surface area contributed by atoms with Crippen molar-refractivity contribution in [2.75, 3.05) is 11.1 Å². The SMILES string of the molecule is Cc1cnc(CNc2nc3ccc(N)cc3o2)cn1. The van der Waals surface area contributed by atoms with Crippen molar-refractivity contribution in [1.29, 1.82) is 0 Å². The van der Waals surface area contributed by atoms with Crippen LogP contribution in [0.15, 0.2) is 35.0 Å². The summed E-state index contributed by atoms with van der Waals surface area (Å²) in [6.07, 6.45) is 3.45. The molecule has 0 aliphatic carbocycles. The van der Waals surface area contributed by atoms with Gasteiger partial charge >= 0.3 is 0 Å². The molecule has 0 unspecified atom stereocenters. The number of benzene rings is 1. The Hall–Kier alpha value is -2.63. The van der Waals surface area contributed by atoms with Crippen LogP contribution < -0.4 is 11.1 Å². The molecule has 6 heteroatoms. The van der Waals surface area contributed by atoms with Gasteiger partial charge in [-0.1, -0.05) is 0 Å². The number of nitrogens with zero attached hydrogens (tertiary/aromatic N) is 3. The number of hydrogen-bond acceptors (Lipinski definition) is 6. The summed E-state index contributed by atoms with van der Waals surface area (Å²) in [7, 11) is 0. The Balaban J connectivity index is 1.76. The van der Waals surface area contributed by atoms with Crippen molar-refractivity contribution in [3.05, 3.63) is 42.0 Å². The number of hydrogen-bond donors (Lipinski definition) is 2. The van der Waals surface area contributed by atoms with Gasteiger partial charge in [0.15, 0.2) is 5.58 Å². The molecule has 3 N–H and O–H groups in total. The van der Waals surface area contributed by atoms with E-state index >= 15 is 0 Å². The van der Waals surface area contributed by atoms with Gasteiger partial charge in [0.1, 0.15) is 5.52 Å². The van der Waals surface area contributed by atoms with E-state index in [2.05, 4.69) is 20.3 Å². The first-order chi connectivity index (χ1) is 9.20. The predicted octanol–water partition coefficient (Wildman–Crippen LogP) is 2.12. The summed E-state index contributed by atoms with van der Waals surface area (Å²) < 4.78 is 5.54. The minimum absolute atomic E-state index is 0.447. The Bertz CT molecular complexity index is 705. The number of anilines is 2. The van der Waals surface area contributed by atoms with Crippen molar-refractivity contribution in [3.63, 3.8) is 0 Å². The zero-order chi connectivity index (χ0) is 13.2. The fourth-order valence-corrected chi connectivity index (χ4v) is 1.69. The number of nitrogens with two attached hydrogens (primary N) is 1. The van der Waals surface area contributed by atoms with Gasteiger partial charge in [0.2, 0.25) is 0 Å². The normalized spacial score (nSPS) is 10.8. The highest BCUT2D eigenvalue weighted by atomic mass is 16.4. The van der Waals surface area contributed by atoms with Crippen LogP contribution in [-0.2, 0) is 6.54 Å². The van der Waals surface area contributed by atoms with Crippen molar-refractivity contribution in [3.8, 4) is 0 Å². The molecule has 0 saturated carbocycles. The quantitative estimate of drug-likeness (QED) is 0.697. The molecule has 96 valence electrons. The third kappa shape index (κ3) is 2.47. The Morgan fingerprint density at radius 1 is 1.26 bits per heavy atom. The maximum absolute atomic E-state index is 5.69. The average Bonchev–Trinajstić information content (AvgIpc) is 2.80. The van der Waals surface area contributed by atoms with E-state index in [1.165, 1.54) is 0 Å². The molecule has 0 radical (unpaired) electrons. The third-order valence-corrected chi connectivity index (χ3v) is 2.67. The molecule has 2 heterocycles. The van der Waals surface area contributed by atoms with Crippen LogP contribution in [0, 0.1) is 6.92 Å². The second-order valence-corrected chi connectivity index (χ2v) is 4.25. The van der Waals surface area contributed by atoms with Crippen LogP contribution >= 0.6 is 0 Å². The molecular weight excluding hydrogens is 242 g/mol. The molecule has 0 spiro atoms. The summed E-state index contributed by atoms with van der Waals surface area (Å²) >= 11 is 0. The molecular formula is C13H13N5O. The maximum Gasteiger partial charge on any atom is 0.296 e. The first kappa shape index (κ1) is 11.5. The molecule has 1 aromatic carbocycles. The lowest BCUT2D eigenvalue weighted by Gasteiger charge is -2.00. The van der Waals surface area contributed by atoms with Crippen LogP contribution in [0.5, 0.6) is 0 Å². The van der Waals surface area contributed by atoms with E-state index in [4.69, 9.17) is 10.2 Å². The molecule has 0 aliphatic heterocycles. The van der Waals surface area contributed by atoms with E-state index in [-0.39, 0.29) is 0 Å². The summed E-state index contributed by atoms with van der Waals surface area (Å²) in [5.74, 6) is 0. The van der Waals surface area contributed by atoms with Gasteiger partial charge in [0.05, 0.1) is 24.1 Å². The lowest BCUT2D eigenvalue weighted by Crippen LogP contribution is -2.02. The van der Waals surface area contributed by atoms with E-state index in [0.29, 0.717) is 23.8 Å². The second-order valence-electron chi connectivity index (χ2n) is 4.25. The van der Waals surface area contributed by atoms with Crippen molar-refractivity contribution in [2.24, 2.45) is 0 Å². The van der Waals surface area contributed by atoms with Gasteiger partial charge in [-0.2, -0.15) is 4.98 Å². The first-order valence-corrected chi connectivity index (χ1v) is 5.88. The topological polar surface area (TPSA) is 89.9 Å². The van der Waals surface area contributed by atoms with Crippen molar-refractivity contribution < 1.29 is 4.42 Å². The largest absolute Gasteiger partial charge is 0.423 e. The Kier molecular flexibility index (Phi) is 2.75. The Morgan fingerprint density at radius 2 is 2.16 bits per heavy atom. The standard InChI is InChI=1S/C13H13N5O/c1-8-5-16-10(6-15-8)7-17-13-18-11-3-2-9(14)4-12(11)19-13/h2-6H,7,14H2,1H3,(H,17,18). The molecule has 3 rings (SSSR count). The van der Waals surface area contributed by atoms with Gasteiger partial charge in [-0.3, -0.25) is 9.97 Å². The summed E-state index contributed by atoms with van der Waals surface area (Å²) in [4.78, 5) is 12.7. The lowest BCUT2D eigenvalue weighted by molar-refractivity contribution is 0.613. The molecule has 0 bridgehead atoms. The minimum atomic E-state index is 0.447.